The van der Waals surface area contributed by atoms with Crippen molar-refractivity contribution in [1.82, 2.24) is 0 Å². The molecule has 0 heterocycles. The second kappa shape index (κ2) is 5.77. The van der Waals surface area contributed by atoms with Gasteiger partial charge in [-0.2, -0.15) is 5.10 Å². The predicted octanol–water partition coefficient (Wildman–Crippen LogP) is 2.10. The molecular weight excluding hydrogens is 243 g/mol. The molecule has 2 rings (SSSR count). The van der Waals surface area contributed by atoms with Crippen LogP contribution in [0.1, 0.15) is 5.56 Å². The Morgan fingerprint density at radius 3 is 1.95 bits per heavy atom. The Kier molecular flexibility index (Phi) is 3.87. The fraction of sp³-hybridized carbons (Fsp3) is 0. The summed E-state index contributed by atoms with van der Waals surface area (Å²) in [4.78, 5) is 0. The molecule has 2 aromatic carbocycles. The number of nitrogens with two attached hydrogens (primary N) is 2. The first-order valence-electron chi connectivity index (χ1n) is 5.63. The minimum absolute atomic E-state index is 0.0841. The summed E-state index contributed by atoms with van der Waals surface area (Å²) in [5.41, 5.74) is 13.1. The Bertz CT molecular complexity index is 596. The number of rotatable bonds is 3. The monoisotopic (exact) mass is 256 g/mol. The smallest absolute Gasteiger partial charge is 0.211 e. The van der Waals surface area contributed by atoms with E-state index in [-0.39, 0.29) is 11.8 Å². The van der Waals surface area contributed by atoms with E-state index in [0.29, 0.717) is 0 Å². The van der Waals surface area contributed by atoms with Gasteiger partial charge < -0.3 is 11.5 Å². The van der Waals surface area contributed by atoms with Crippen molar-refractivity contribution in [2.45, 2.75) is 0 Å². The molecule has 2 aromatic rings. The molecule has 0 bridgehead atoms. The second-order valence-electron chi connectivity index (χ2n) is 3.90. The Balaban J connectivity index is 2.16. The van der Waals surface area contributed by atoms with Crippen LogP contribution >= 0.6 is 0 Å². The lowest BCUT2D eigenvalue weighted by molar-refractivity contribution is 0.628. The zero-order valence-corrected chi connectivity index (χ0v) is 10.1. The molecule has 0 aliphatic rings. The summed E-state index contributed by atoms with van der Waals surface area (Å²) < 4.78 is 12.8. The number of nitrogens with zero attached hydrogens (tertiary/aromatic N) is 2. The number of halogens is 1. The molecule has 0 saturated carbocycles. The lowest BCUT2D eigenvalue weighted by atomic mass is 10.0. The van der Waals surface area contributed by atoms with Crippen molar-refractivity contribution in [2.24, 2.45) is 21.7 Å². The average Bonchev–Trinajstić information content (AvgIpc) is 2.40. The molecule has 4 N–H and O–H groups in total. The highest BCUT2D eigenvalue weighted by molar-refractivity contribution is 5.82. The van der Waals surface area contributed by atoms with Crippen LogP contribution in [-0.2, 0) is 0 Å². The molecule has 96 valence electrons. The van der Waals surface area contributed by atoms with Crippen molar-refractivity contribution in [1.29, 1.82) is 0 Å². The highest BCUT2D eigenvalue weighted by Crippen LogP contribution is 2.19. The van der Waals surface area contributed by atoms with Gasteiger partial charge in [-0.1, -0.05) is 36.4 Å². The molecule has 4 nitrogen and oxygen atoms in total. The van der Waals surface area contributed by atoms with Crippen LogP contribution in [0.25, 0.3) is 11.1 Å². The zero-order chi connectivity index (χ0) is 13.7. The van der Waals surface area contributed by atoms with Gasteiger partial charge in [0.15, 0.2) is 0 Å². The van der Waals surface area contributed by atoms with E-state index in [1.54, 1.807) is 18.3 Å². The van der Waals surface area contributed by atoms with Crippen LogP contribution in [-0.4, -0.2) is 12.2 Å². The van der Waals surface area contributed by atoms with E-state index < -0.39 is 0 Å². The van der Waals surface area contributed by atoms with Crippen LogP contribution in [0.4, 0.5) is 4.39 Å². The van der Waals surface area contributed by atoms with E-state index in [4.69, 9.17) is 11.5 Å². The second-order valence-corrected chi connectivity index (χ2v) is 3.90. The lowest BCUT2D eigenvalue weighted by Crippen LogP contribution is -2.21. The molecule has 0 radical (unpaired) electrons. The summed E-state index contributed by atoms with van der Waals surface area (Å²) >= 11 is 0. The van der Waals surface area contributed by atoms with Gasteiger partial charge in [0.25, 0.3) is 0 Å². The molecule has 0 fully saturated rings. The summed E-state index contributed by atoms with van der Waals surface area (Å²) in [6.07, 6.45) is 1.55. The highest BCUT2D eigenvalue weighted by Gasteiger charge is 1.97. The number of benzene rings is 2. The van der Waals surface area contributed by atoms with Gasteiger partial charge >= 0.3 is 0 Å². The van der Waals surface area contributed by atoms with Crippen molar-refractivity contribution >= 4 is 12.2 Å². The van der Waals surface area contributed by atoms with E-state index >= 15 is 0 Å². The Hall–Kier alpha value is -2.69. The highest BCUT2D eigenvalue weighted by atomic mass is 19.1. The maximum atomic E-state index is 12.8. The van der Waals surface area contributed by atoms with Crippen LogP contribution < -0.4 is 11.5 Å². The molecule has 0 amide bonds. The summed E-state index contributed by atoms with van der Waals surface area (Å²) in [6.45, 7) is 0. The van der Waals surface area contributed by atoms with Gasteiger partial charge in [-0.15, -0.1) is 5.10 Å². The zero-order valence-electron chi connectivity index (χ0n) is 10.1. The minimum Gasteiger partial charge on any atom is -0.369 e. The van der Waals surface area contributed by atoms with Crippen LogP contribution in [0, 0.1) is 5.82 Å². The SMILES string of the molecule is NC(N)=NN=Cc1ccc(-c2ccc(F)cc2)cc1. The molecule has 0 spiro atoms. The molecule has 0 aromatic heterocycles. The summed E-state index contributed by atoms with van der Waals surface area (Å²) in [5.74, 6) is -0.330. The molecule has 0 aliphatic carbocycles. The number of hydrogen-bond donors (Lipinski definition) is 2. The molecule has 0 saturated heterocycles. The Morgan fingerprint density at radius 1 is 0.895 bits per heavy atom. The van der Waals surface area contributed by atoms with E-state index in [9.17, 15) is 4.39 Å². The van der Waals surface area contributed by atoms with Crippen molar-refractivity contribution in [3.05, 3.63) is 59.9 Å². The largest absolute Gasteiger partial charge is 0.369 e. The molecular formula is C14H13FN4. The van der Waals surface area contributed by atoms with E-state index in [2.05, 4.69) is 10.2 Å². The Labute approximate surface area is 110 Å². The van der Waals surface area contributed by atoms with Gasteiger partial charge in [0.2, 0.25) is 5.96 Å². The van der Waals surface area contributed by atoms with Gasteiger partial charge in [0.1, 0.15) is 5.82 Å². The van der Waals surface area contributed by atoms with Gasteiger partial charge in [-0.3, -0.25) is 0 Å². The van der Waals surface area contributed by atoms with Crippen LogP contribution in [0.5, 0.6) is 0 Å². The molecule has 5 heteroatoms. The normalized spacial score (nSPS) is 10.6. The average molecular weight is 256 g/mol. The van der Waals surface area contributed by atoms with Gasteiger partial charge in [0, 0.05) is 0 Å². The number of guanidine groups is 1. The van der Waals surface area contributed by atoms with Crippen molar-refractivity contribution in [2.75, 3.05) is 0 Å². The maximum Gasteiger partial charge on any atom is 0.211 e. The summed E-state index contributed by atoms with van der Waals surface area (Å²) in [6, 6.07) is 13.9. The predicted molar refractivity (Wildman–Crippen MR) is 75.2 cm³/mol. The van der Waals surface area contributed by atoms with Crippen LogP contribution in [0.15, 0.2) is 58.7 Å². The fourth-order valence-corrected chi connectivity index (χ4v) is 1.57. The Morgan fingerprint density at radius 2 is 1.42 bits per heavy atom. The molecule has 0 atom stereocenters. The van der Waals surface area contributed by atoms with Crippen molar-refractivity contribution in [3.8, 4) is 11.1 Å². The minimum atomic E-state index is -0.246. The van der Waals surface area contributed by atoms with Gasteiger partial charge in [-0.25, -0.2) is 4.39 Å². The van der Waals surface area contributed by atoms with Crippen LogP contribution in [0.2, 0.25) is 0 Å². The standard InChI is InChI=1S/C14H13FN4/c15-13-7-5-12(6-8-13)11-3-1-10(2-4-11)9-18-19-14(16)17/h1-9H,(H4,16,17,19). The third kappa shape index (κ3) is 3.64. The first-order chi connectivity index (χ1) is 9.15. The molecule has 19 heavy (non-hydrogen) atoms. The maximum absolute atomic E-state index is 12.8. The summed E-state index contributed by atoms with van der Waals surface area (Å²) in [7, 11) is 0. The first kappa shape index (κ1) is 12.8. The third-order valence-corrected chi connectivity index (χ3v) is 2.47. The summed E-state index contributed by atoms with van der Waals surface area (Å²) in [5, 5.41) is 7.23. The van der Waals surface area contributed by atoms with Gasteiger partial charge in [-0.05, 0) is 28.8 Å². The first-order valence-corrected chi connectivity index (χ1v) is 5.63. The topological polar surface area (TPSA) is 76.8 Å². The molecule has 0 aliphatic heterocycles. The fourth-order valence-electron chi connectivity index (χ4n) is 1.57. The van der Waals surface area contributed by atoms with Crippen molar-refractivity contribution in [3.63, 3.8) is 0 Å². The van der Waals surface area contributed by atoms with E-state index in [1.807, 2.05) is 24.3 Å². The van der Waals surface area contributed by atoms with Gasteiger partial charge in [0.05, 0.1) is 6.21 Å². The molecule has 0 unspecified atom stereocenters. The third-order valence-electron chi connectivity index (χ3n) is 2.47. The lowest BCUT2D eigenvalue weighted by Gasteiger charge is -2.01. The number of hydrogen-bond acceptors (Lipinski definition) is 2. The quantitative estimate of drug-likeness (QED) is 0.501. The van der Waals surface area contributed by atoms with Crippen LogP contribution in [0.3, 0.4) is 0 Å². The van der Waals surface area contributed by atoms with E-state index in [1.165, 1.54) is 12.1 Å². The van der Waals surface area contributed by atoms with Crippen molar-refractivity contribution < 1.29 is 4.39 Å². The van der Waals surface area contributed by atoms with E-state index in [0.717, 1.165) is 16.7 Å².